The van der Waals surface area contributed by atoms with E-state index in [1.54, 1.807) is 7.11 Å². The predicted octanol–water partition coefficient (Wildman–Crippen LogP) is 4.34. The van der Waals surface area contributed by atoms with Gasteiger partial charge in [0.2, 0.25) is 0 Å². The van der Waals surface area contributed by atoms with Crippen LogP contribution in [0.1, 0.15) is 47.7 Å². The van der Waals surface area contributed by atoms with Crippen molar-refractivity contribution in [2.75, 3.05) is 26.9 Å². The van der Waals surface area contributed by atoms with Crippen molar-refractivity contribution < 1.29 is 14.2 Å². The van der Waals surface area contributed by atoms with E-state index in [1.807, 2.05) is 13.8 Å². The number of fused-ring (bicyclic) bond motifs is 1. The van der Waals surface area contributed by atoms with E-state index in [2.05, 4.69) is 43.4 Å². The first-order chi connectivity index (χ1) is 12.6. The van der Waals surface area contributed by atoms with Crippen LogP contribution in [0.3, 0.4) is 0 Å². The van der Waals surface area contributed by atoms with E-state index in [0.717, 1.165) is 30.2 Å². The average Bonchev–Trinajstić information content (AvgIpc) is 2.62. The summed E-state index contributed by atoms with van der Waals surface area (Å²) in [5.74, 6) is 2.58. The highest BCUT2D eigenvalue weighted by molar-refractivity contribution is 5.55. The Morgan fingerprint density at radius 2 is 1.65 bits per heavy atom. The Balaban J connectivity index is 2.13. The van der Waals surface area contributed by atoms with Gasteiger partial charge in [0, 0.05) is 12.1 Å². The molecule has 1 aliphatic rings. The van der Waals surface area contributed by atoms with Crippen molar-refractivity contribution in [3.05, 3.63) is 52.1 Å². The normalized spacial score (nSPS) is 16.1. The molecule has 0 saturated heterocycles. The predicted molar refractivity (Wildman–Crippen MR) is 105 cm³/mol. The number of benzene rings is 2. The Morgan fingerprint density at radius 3 is 2.31 bits per heavy atom. The Labute approximate surface area is 156 Å². The molecular formula is C22H29NO3. The van der Waals surface area contributed by atoms with E-state index in [0.29, 0.717) is 13.2 Å². The maximum Gasteiger partial charge on any atom is 0.161 e. The lowest BCUT2D eigenvalue weighted by Gasteiger charge is -2.31. The first-order valence-electron chi connectivity index (χ1n) is 9.39. The van der Waals surface area contributed by atoms with Gasteiger partial charge < -0.3 is 19.5 Å². The lowest BCUT2D eigenvalue weighted by molar-refractivity contribution is 0.286. The lowest BCUT2D eigenvalue weighted by Crippen LogP contribution is -2.31. The molecule has 0 saturated carbocycles. The van der Waals surface area contributed by atoms with Crippen LogP contribution < -0.4 is 19.5 Å². The molecule has 2 aromatic carbocycles. The third-order valence-corrected chi connectivity index (χ3v) is 4.86. The molecule has 0 aliphatic carbocycles. The van der Waals surface area contributed by atoms with Crippen molar-refractivity contribution in [1.82, 2.24) is 5.32 Å². The average molecular weight is 355 g/mol. The maximum absolute atomic E-state index is 5.86. The Morgan fingerprint density at radius 1 is 0.962 bits per heavy atom. The van der Waals surface area contributed by atoms with Crippen molar-refractivity contribution in [2.45, 2.75) is 40.2 Å². The van der Waals surface area contributed by atoms with Crippen LogP contribution in [0.25, 0.3) is 0 Å². The molecule has 1 atom stereocenters. The summed E-state index contributed by atoms with van der Waals surface area (Å²) in [7, 11) is 1.74. The number of methoxy groups -OCH3 is 1. The van der Waals surface area contributed by atoms with Gasteiger partial charge in [-0.05, 0) is 74.6 Å². The van der Waals surface area contributed by atoms with E-state index in [-0.39, 0.29) is 6.04 Å². The molecule has 1 heterocycles. The van der Waals surface area contributed by atoms with Crippen LogP contribution in [0.4, 0.5) is 0 Å². The SMILES string of the molecule is CCOc1cc2c(cc1OCC)C(c1c(C)cc(C)cc1OC)NCC2. The molecule has 140 valence electrons. The van der Waals surface area contributed by atoms with Crippen molar-refractivity contribution in [3.8, 4) is 17.2 Å². The van der Waals surface area contributed by atoms with Gasteiger partial charge in [-0.3, -0.25) is 0 Å². The second-order valence-electron chi connectivity index (χ2n) is 6.70. The molecule has 0 aromatic heterocycles. The first-order valence-corrected chi connectivity index (χ1v) is 9.39. The summed E-state index contributed by atoms with van der Waals surface area (Å²) in [5.41, 5.74) is 6.20. The second kappa shape index (κ2) is 8.00. The molecule has 0 radical (unpaired) electrons. The molecule has 1 aliphatic heterocycles. The highest BCUT2D eigenvalue weighted by Crippen LogP contribution is 2.41. The Kier molecular flexibility index (Phi) is 5.72. The summed E-state index contributed by atoms with van der Waals surface area (Å²) in [6.07, 6.45) is 0.978. The fourth-order valence-corrected chi connectivity index (χ4v) is 3.84. The minimum atomic E-state index is 0.0872. The maximum atomic E-state index is 5.86. The van der Waals surface area contributed by atoms with Gasteiger partial charge in [0.1, 0.15) is 5.75 Å². The van der Waals surface area contributed by atoms with Crippen molar-refractivity contribution in [3.63, 3.8) is 0 Å². The molecule has 4 nitrogen and oxygen atoms in total. The molecule has 2 aromatic rings. The fourth-order valence-electron chi connectivity index (χ4n) is 3.84. The van der Waals surface area contributed by atoms with E-state index in [1.165, 1.54) is 27.8 Å². The van der Waals surface area contributed by atoms with Crippen molar-refractivity contribution in [2.24, 2.45) is 0 Å². The topological polar surface area (TPSA) is 39.7 Å². The van der Waals surface area contributed by atoms with Gasteiger partial charge in [0.25, 0.3) is 0 Å². The molecule has 0 spiro atoms. The van der Waals surface area contributed by atoms with Gasteiger partial charge in [-0.2, -0.15) is 0 Å². The summed E-state index contributed by atoms with van der Waals surface area (Å²) in [5, 5.41) is 3.67. The number of aryl methyl sites for hydroxylation is 2. The quantitative estimate of drug-likeness (QED) is 0.836. The highest BCUT2D eigenvalue weighted by atomic mass is 16.5. The zero-order valence-corrected chi connectivity index (χ0v) is 16.4. The zero-order chi connectivity index (χ0) is 18.7. The summed E-state index contributed by atoms with van der Waals surface area (Å²) < 4.78 is 17.4. The lowest BCUT2D eigenvalue weighted by atomic mass is 9.86. The number of rotatable bonds is 6. The third-order valence-electron chi connectivity index (χ3n) is 4.86. The van der Waals surface area contributed by atoms with Crippen LogP contribution in [0.15, 0.2) is 24.3 Å². The van der Waals surface area contributed by atoms with Crippen LogP contribution >= 0.6 is 0 Å². The summed E-state index contributed by atoms with van der Waals surface area (Å²) in [4.78, 5) is 0. The first kappa shape index (κ1) is 18.6. The standard InChI is InChI=1S/C22H29NO3/c1-6-25-18-12-16-8-9-23-22(17(16)13-19(18)26-7-2)21-15(4)10-14(3)11-20(21)24-5/h10-13,22-23H,6-9H2,1-5H3. The zero-order valence-electron chi connectivity index (χ0n) is 16.4. The van der Waals surface area contributed by atoms with E-state index >= 15 is 0 Å². The van der Waals surface area contributed by atoms with Crippen LogP contribution in [0.2, 0.25) is 0 Å². The van der Waals surface area contributed by atoms with E-state index in [9.17, 15) is 0 Å². The van der Waals surface area contributed by atoms with Gasteiger partial charge >= 0.3 is 0 Å². The summed E-state index contributed by atoms with van der Waals surface area (Å²) in [6, 6.07) is 8.69. The molecular weight excluding hydrogens is 326 g/mol. The number of nitrogens with one attached hydrogen (secondary N) is 1. The van der Waals surface area contributed by atoms with E-state index < -0.39 is 0 Å². The van der Waals surface area contributed by atoms with Gasteiger partial charge in [-0.25, -0.2) is 0 Å². The Hall–Kier alpha value is -2.20. The van der Waals surface area contributed by atoms with Gasteiger partial charge in [0.05, 0.1) is 26.4 Å². The molecule has 3 rings (SSSR count). The monoisotopic (exact) mass is 355 g/mol. The number of hydrogen-bond donors (Lipinski definition) is 1. The Bertz CT molecular complexity index is 785. The highest BCUT2D eigenvalue weighted by Gasteiger charge is 2.27. The smallest absolute Gasteiger partial charge is 0.161 e. The molecule has 0 amide bonds. The summed E-state index contributed by atoms with van der Waals surface area (Å²) >= 11 is 0. The van der Waals surface area contributed by atoms with Gasteiger partial charge in [-0.1, -0.05) is 6.07 Å². The fraction of sp³-hybridized carbons (Fsp3) is 0.455. The van der Waals surface area contributed by atoms with Crippen LogP contribution in [-0.4, -0.2) is 26.9 Å². The number of hydrogen-bond acceptors (Lipinski definition) is 4. The van der Waals surface area contributed by atoms with Crippen LogP contribution in [-0.2, 0) is 6.42 Å². The van der Waals surface area contributed by atoms with E-state index in [4.69, 9.17) is 14.2 Å². The minimum Gasteiger partial charge on any atom is -0.496 e. The van der Waals surface area contributed by atoms with Crippen molar-refractivity contribution >= 4 is 0 Å². The largest absolute Gasteiger partial charge is 0.496 e. The van der Waals surface area contributed by atoms with Crippen LogP contribution in [0.5, 0.6) is 17.2 Å². The van der Waals surface area contributed by atoms with Crippen molar-refractivity contribution in [1.29, 1.82) is 0 Å². The molecule has 0 fully saturated rings. The minimum absolute atomic E-state index is 0.0872. The molecule has 1 unspecified atom stereocenters. The molecule has 26 heavy (non-hydrogen) atoms. The third kappa shape index (κ3) is 3.51. The van der Waals surface area contributed by atoms with Gasteiger partial charge in [-0.15, -0.1) is 0 Å². The molecule has 1 N–H and O–H groups in total. The van der Waals surface area contributed by atoms with Gasteiger partial charge in [0.15, 0.2) is 11.5 Å². The number of ether oxygens (including phenoxy) is 3. The molecule has 0 bridgehead atoms. The second-order valence-corrected chi connectivity index (χ2v) is 6.70. The summed E-state index contributed by atoms with van der Waals surface area (Å²) in [6.45, 7) is 10.4. The van der Waals surface area contributed by atoms with Crippen LogP contribution in [0, 0.1) is 13.8 Å². The molecule has 4 heteroatoms.